The van der Waals surface area contributed by atoms with Crippen molar-refractivity contribution in [3.05, 3.63) is 71.3 Å². The Morgan fingerprint density at radius 3 is 2.33 bits per heavy atom. The lowest BCUT2D eigenvalue weighted by molar-refractivity contribution is -0.676. The Morgan fingerprint density at radius 1 is 1.08 bits per heavy atom. The molecule has 3 heteroatoms. The fourth-order valence-electron chi connectivity index (χ4n) is 3.15. The molecular formula is C21H27N2O+. The van der Waals surface area contributed by atoms with Crippen molar-refractivity contribution < 1.29 is 10.1 Å². The highest BCUT2D eigenvalue weighted by Crippen LogP contribution is 2.32. The SMILES string of the molecule is Cc1ccc([C@H]([NH2+]CC(=O)N[C@@H](C)C2CC2)c2ccccc2)cc1. The molecule has 0 spiro atoms. The fraction of sp³-hybridized carbons (Fsp3) is 0.381. The lowest BCUT2D eigenvalue weighted by Crippen LogP contribution is -2.87. The van der Waals surface area contributed by atoms with Crippen LogP contribution in [0.4, 0.5) is 0 Å². The van der Waals surface area contributed by atoms with Crippen molar-refractivity contribution in [1.29, 1.82) is 0 Å². The summed E-state index contributed by atoms with van der Waals surface area (Å²) in [6.07, 6.45) is 2.50. The molecule has 0 saturated heterocycles. The third-order valence-corrected chi connectivity index (χ3v) is 4.85. The summed E-state index contributed by atoms with van der Waals surface area (Å²) < 4.78 is 0. The van der Waals surface area contributed by atoms with E-state index in [1.807, 2.05) is 6.07 Å². The molecule has 0 radical (unpaired) electrons. The number of benzene rings is 2. The minimum absolute atomic E-state index is 0.127. The topological polar surface area (TPSA) is 45.7 Å². The van der Waals surface area contributed by atoms with Gasteiger partial charge in [-0.15, -0.1) is 0 Å². The van der Waals surface area contributed by atoms with Gasteiger partial charge in [0.05, 0.1) is 0 Å². The largest absolute Gasteiger partial charge is 0.348 e. The van der Waals surface area contributed by atoms with Gasteiger partial charge < -0.3 is 10.6 Å². The van der Waals surface area contributed by atoms with Crippen LogP contribution in [0, 0.1) is 12.8 Å². The molecule has 1 aliphatic rings. The van der Waals surface area contributed by atoms with Gasteiger partial charge in [0.2, 0.25) is 0 Å². The number of aryl methyl sites for hydroxylation is 1. The van der Waals surface area contributed by atoms with Crippen molar-refractivity contribution in [2.75, 3.05) is 6.54 Å². The monoisotopic (exact) mass is 323 g/mol. The van der Waals surface area contributed by atoms with Gasteiger partial charge in [0.25, 0.3) is 5.91 Å². The molecule has 0 unspecified atom stereocenters. The van der Waals surface area contributed by atoms with E-state index in [0.29, 0.717) is 18.5 Å². The zero-order chi connectivity index (χ0) is 16.9. The second-order valence-electron chi connectivity index (χ2n) is 6.93. The lowest BCUT2D eigenvalue weighted by Gasteiger charge is -2.18. The van der Waals surface area contributed by atoms with Gasteiger partial charge in [0, 0.05) is 17.2 Å². The molecule has 2 aromatic rings. The van der Waals surface area contributed by atoms with Crippen LogP contribution in [0.25, 0.3) is 0 Å². The number of hydrogen-bond donors (Lipinski definition) is 2. The molecule has 3 nitrogen and oxygen atoms in total. The van der Waals surface area contributed by atoms with E-state index < -0.39 is 0 Å². The van der Waals surface area contributed by atoms with Crippen LogP contribution in [0.15, 0.2) is 54.6 Å². The van der Waals surface area contributed by atoms with Crippen LogP contribution in [0.1, 0.15) is 42.5 Å². The number of amides is 1. The first-order chi connectivity index (χ1) is 11.6. The number of rotatable bonds is 7. The third-order valence-electron chi connectivity index (χ3n) is 4.85. The highest BCUT2D eigenvalue weighted by molar-refractivity contribution is 5.77. The average molecular weight is 323 g/mol. The number of nitrogens with one attached hydrogen (secondary N) is 1. The van der Waals surface area contributed by atoms with Crippen molar-refractivity contribution in [2.45, 2.75) is 38.8 Å². The molecule has 1 aliphatic carbocycles. The maximum absolute atomic E-state index is 12.3. The minimum atomic E-state index is 0.127. The Bertz CT molecular complexity index is 662. The maximum Gasteiger partial charge on any atom is 0.275 e. The highest BCUT2D eigenvalue weighted by Gasteiger charge is 2.29. The van der Waals surface area contributed by atoms with Crippen molar-refractivity contribution in [3.63, 3.8) is 0 Å². The standard InChI is InChI=1S/C21H26N2O/c1-15-8-10-19(11-9-15)21(18-6-4-3-5-7-18)22-14-20(24)23-16(2)17-12-13-17/h3-11,16-17,21-22H,12-14H2,1-2H3,(H,23,24)/p+1/t16-,21+/m0/s1. The lowest BCUT2D eigenvalue weighted by atomic mass is 9.98. The smallest absolute Gasteiger partial charge is 0.275 e. The molecule has 0 aromatic heterocycles. The van der Waals surface area contributed by atoms with E-state index in [1.165, 1.54) is 29.5 Å². The molecule has 2 atom stereocenters. The summed E-state index contributed by atoms with van der Waals surface area (Å²) in [5.74, 6) is 0.818. The van der Waals surface area contributed by atoms with Crippen molar-refractivity contribution in [3.8, 4) is 0 Å². The second-order valence-corrected chi connectivity index (χ2v) is 6.93. The molecule has 24 heavy (non-hydrogen) atoms. The molecule has 1 fully saturated rings. The molecule has 0 heterocycles. The van der Waals surface area contributed by atoms with Crippen LogP contribution >= 0.6 is 0 Å². The van der Waals surface area contributed by atoms with Gasteiger partial charge in [-0.1, -0.05) is 60.2 Å². The minimum Gasteiger partial charge on any atom is -0.348 e. The summed E-state index contributed by atoms with van der Waals surface area (Å²) in [6.45, 7) is 4.66. The van der Waals surface area contributed by atoms with Gasteiger partial charge in [0.15, 0.2) is 6.54 Å². The third kappa shape index (κ3) is 4.45. The quantitative estimate of drug-likeness (QED) is 0.808. The Morgan fingerprint density at radius 2 is 1.71 bits per heavy atom. The number of carbonyl (C=O) groups is 1. The second kappa shape index (κ2) is 7.63. The van der Waals surface area contributed by atoms with Gasteiger partial charge in [-0.05, 0) is 32.6 Å². The van der Waals surface area contributed by atoms with E-state index in [1.54, 1.807) is 0 Å². The van der Waals surface area contributed by atoms with Crippen LogP contribution in [0.2, 0.25) is 0 Å². The molecular weight excluding hydrogens is 296 g/mol. The Balaban J connectivity index is 1.68. The van der Waals surface area contributed by atoms with Crippen LogP contribution < -0.4 is 10.6 Å². The van der Waals surface area contributed by atoms with Crippen molar-refractivity contribution in [1.82, 2.24) is 5.32 Å². The average Bonchev–Trinajstić information content (AvgIpc) is 3.42. The highest BCUT2D eigenvalue weighted by atomic mass is 16.2. The van der Waals surface area contributed by atoms with Crippen LogP contribution in [-0.4, -0.2) is 18.5 Å². The van der Waals surface area contributed by atoms with Gasteiger partial charge in [-0.3, -0.25) is 4.79 Å². The zero-order valence-electron chi connectivity index (χ0n) is 14.5. The predicted molar refractivity (Wildman–Crippen MR) is 96.6 cm³/mol. The van der Waals surface area contributed by atoms with Crippen molar-refractivity contribution in [2.24, 2.45) is 5.92 Å². The predicted octanol–water partition coefficient (Wildman–Crippen LogP) is 2.56. The molecule has 3 N–H and O–H groups in total. The first-order valence-electron chi connectivity index (χ1n) is 8.87. The number of nitrogens with two attached hydrogens (primary N) is 1. The van der Waals surface area contributed by atoms with E-state index in [0.717, 1.165) is 0 Å². The maximum atomic E-state index is 12.3. The molecule has 1 saturated carbocycles. The van der Waals surface area contributed by atoms with E-state index >= 15 is 0 Å². The van der Waals surface area contributed by atoms with Crippen LogP contribution in [-0.2, 0) is 4.79 Å². The summed E-state index contributed by atoms with van der Waals surface area (Å²) in [6, 6.07) is 19.4. The molecule has 2 aromatic carbocycles. The summed E-state index contributed by atoms with van der Waals surface area (Å²) in [5, 5.41) is 5.27. The normalized spacial score (nSPS) is 16.4. The number of hydrogen-bond acceptors (Lipinski definition) is 1. The number of carbonyl (C=O) groups excluding carboxylic acids is 1. The molecule has 1 amide bonds. The first kappa shape index (κ1) is 16.7. The molecule has 0 aliphatic heterocycles. The molecule has 3 rings (SSSR count). The summed E-state index contributed by atoms with van der Waals surface area (Å²) in [4.78, 5) is 12.3. The van der Waals surface area contributed by atoms with Gasteiger partial charge in [-0.2, -0.15) is 0 Å². The van der Waals surface area contributed by atoms with Gasteiger partial charge >= 0.3 is 0 Å². The van der Waals surface area contributed by atoms with E-state index in [4.69, 9.17) is 0 Å². The molecule has 126 valence electrons. The summed E-state index contributed by atoms with van der Waals surface area (Å²) >= 11 is 0. The Kier molecular flexibility index (Phi) is 5.31. The van der Waals surface area contributed by atoms with Gasteiger partial charge in [0.1, 0.15) is 6.04 Å². The van der Waals surface area contributed by atoms with Crippen LogP contribution in [0.3, 0.4) is 0 Å². The van der Waals surface area contributed by atoms with E-state index in [9.17, 15) is 4.79 Å². The molecule has 0 bridgehead atoms. The van der Waals surface area contributed by atoms with E-state index in [2.05, 4.69) is 73.0 Å². The Labute approximate surface area is 144 Å². The van der Waals surface area contributed by atoms with Gasteiger partial charge in [-0.25, -0.2) is 0 Å². The first-order valence-corrected chi connectivity index (χ1v) is 8.87. The summed E-state index contributed by atoms with van der Waals surface area (Å²) in [7, 11) is 0. The zero-order valence-corrected chi connectivity index (χ0v) is 14.5. The Hall–Kier alpha value is -2.13. The van der Waals surface area contributed by atoms with Crippen molar-refractivity contribution >= 4 is 5.91 Å². The van der Waals surface area contributed by atoms with E-state index in [-0.39, 0.29) is 11.9 Å². The fourth-order valence-corrected chi connectivity index (χ4v) is 3.15. The number of quaternary nitrogens is 1. The summed E-state index contributed by atoms with van der Waals surface area (Å²) in [5.41, 5.74) is 3.71. The van der Waals surface area contributed by atoms with Crippen LogP contribution in [0.5, 0.6) is 0 Å².